The maximum atomic E-state index is 13.2. The highest BCUT2D eigenvalue weighted by Crippen LogP contribution is 2.42. The zero-order chi connectivity index (χ0) is 23.2. The summed E-state index contributed by atoms with van der Waals surface area (Å²) in [7, 11) is 1.61. The maximum Gasteiger partial charge on any atom is 0.259 e. The first kappa shape index (κ1) is 22.6. The van der Waals surface area contributed by atoms with Gasteiger partial charge in [0, 0.05) is 41.2 Å². The lowest BCUT2D eigenvalue weighted by atomic mass is 10.1. The predicted molar refractivity (Wildman–Crippen MR) is 128 cm³/mol. The second kappa shape index (κ2) is 10.3. The van der Waals surface area contributed by atoms with E-state index in [2.05, 4.69) is 10.6 Å². The normalized spacial score (nSPS) is 12.4. The van der Waals surface area contributed by atoms with Crippen LogP contribution in [0.4, 0.5) is 11.4 Å². The highest BCUT2D eigenvalue weighted by molar-refractivity contribution is 7.99. The van der Waals surface area contributed by atoms with Gasteiger partial charge in [0.05, 0.1) is 17.9 Å². The number of anilines is 2. The van der Waals surface area contributed by atoms with Crippen molar-refractivity contribution in [2.45, 2.75) is 16.3 Å². The molecule has 3 amide bonds. The van der Waals surface area contributed by atoms with E-state index >= 15 is 0 Å². The number of hydrogen-bond acceptors (Lipinski definition) is 5. The molecule has 0 saturated carbocycles. The van der Waals surface area contributed by atoms with Gasteiger partial charge in [-0.05, 0) is 48.0 Å². The van der Waals surface area contributed by atoms with Crippen LogP contribution in [0.25, 0.3) is 0 Å². The molecule has 3 aromatic carbocycles. The average molecular weight is 462 g/mol. The predicted octanol–water partition coefficient (Wildman–Crippen LogP) is 3.94. The number of carbonyl (C=O) groups excluding carboxylic acids is 3. The number of hydrogen-bond donors (Lipinski definition) is 2. The monoisotopic (exact) mass is 461 g/mol. The molecule has 4 rings (SSSR count). The highest BCUT2D eigenvalue weighted by Gasteiger charge is 2.27. The fourth-order valence-electron chi connectivity index (χ4n) is 3.54. The van der Waals surface area contributed by atoms with Crippen molar-refractivity contribution in [2.75, 3.05) is 30.5 Å². The Morgan fingerprint density at radius 1 is 1.06 bits per heavy atom. The van der Waals surface area contributed by atoms with Gasteiger partial charge in [0.15, 0.2) is 0 Å². The second-order valence-corrected chi connectivity index (χ2v) is 8.46. The molecule has 3 aromatic rings. The van der Waals surface area contributed by atoms with E-state index in [1.165, 1.54) is 11.8 Å². The topological polar surface area (TPSA) is 87.7 Å². The maximum absolute atomic E-state index is 13.2. The molecule has 0 spiro atoms. The summed E-state index contributed by atoms with van der Waals surface area (Å²) in [6.07, 6.45) is 0.638. The molecule has 1 heterocycles. The van der Waals surface area contributed by atoms with Crippen molar-refractivity contribution in [1.82, 2.24) is 5.32 Å². The number of nitrogens with zero attached hydrogens (tertiary/aromatic N) is 1. The molecule has 1 aliphatic rings. The minimum Gasteiger partial charge on any atom is -0.383 e. The summed E-state index contributed by atoms with van der Waals surface area (Å²) in [4.78, 5) is 39.9. The second-order valence-electron chi connectivity index (χ2n) is 7.38. The van der Waals surface area contributed by atoms with Gasteiger partial charge in [0.2, 0.25) is 6.41 Å². The third-order valence-electron chi connectivity index (χ3n) is 5.22. The van der Waals surface area contributed by atoms with Gasteiger partial charge in [0.25, 0.3) is 11.8 Å². The van der Waals surface area contributed by atoms with E-state index in [9.17, 15) is 14.4 Å². The van der Waals surface area contributed by atoms with Crippen LogP contribution in [0.5, 0.6) is 0 Å². The standard InChI is InChI=1S/C25H23N3O4S/c1-32-13-12-28-21-11-10-19(14-23(21)33-22-5-3-2-4-20(22)25(28)31)27-24(30)18-8-6-17(7-9-18)15-26-16-29/h2-11,14,16H,12-13,15H2,1H3,(H,26,29)(H,27,30). The quantitative estimate of drug-likeness (QED) is 0.496. The number of benzene rings is 3. The van der Waals surface area contributed by atoms with E-state index < -0.39 is 0 Å². The van der Waals surface area contributed by atoms with E-state index in [0.29, 0.717) is 42.9 Å². The molecule has 0 saturated heterocycles. The molecule has 8 heteroatoms. The van der Waals surface area contributed by atoms with E-state index in [4.69, 9.17) is 4.74 Å². The van der Waals surface area contributed by atoms with Gasteiger partial charge in [-0.25, -0.2) is 0 Å². The van der Waals surface area contributed by atoms with Crippen molar-refractivity contribution < 1.29 is 19.1 Å². The number of methoxy groups -OCH3 is 1. The molecule has 168 valence electrons. The Hall–Kier alpha value is -3.62. The van der Waals surface area contributed by atoms with Gasteiger partial charge < -0.3 is 20.3 Å². The molecule has 0 fully saturated rings. The summed E-state index contributed by atoms with van der Waals surface area (Å²) in [5, 5.41) is 5.53. The molecule has 33 heavy (non-hydrogen) atoms. The molecular weight excluding hydrogens is 438 g/mol. The van der Waals surface area contributed by atoms with E-state index in [1.807, 2.05) is 36.4 Å². The first-order chi connectivity index (χ1) is 16.1. The van der Waals surface area contributed by atoms with Crippen molar-refractivity contribution in [3.63, 3.8) is 0 Å². The van der Waals surface area contributed by atoms with Crippen LogP contribution in [-0.4, -0.2) is 38.5 Å². The number of ether oxygens (including phenoxy) is 1. The average Bonchev–Trinajstić information content (AvgIpc) is 2.95. The van der Waals surface area contributed by atoms with Crippen molar-refractivity contribution in [3.05, 3.63) is 83.4 Å². The lowest BCUT2D eigenvalue weighted by Gasteiger charge is -2.23. The van der Waals surface area contributed by atoms with Gasteiger partial charge >= 0.3 is 0 Å². The van der Waals surface area contributed by atoms with Crippen molar-refractivity contribution in [3.8, 4) is 0 Å². The lowest BCUT2D eigenvalue weighted by Crippen LogP contribution is -2.33. The summed E-state index contributed by atoms with van der Waals surface area (Å²) < 4.78 is 5.21. The summed E-state index contributed by atoms with van der Waals surface area (Å²) in [5.41, 5.74) is 3.47. The van der Waals surface area contributed by atoms with Crippen LogP contribution in [0.3, 0.4) is 0 Å². The first-order valence-corrected chi connectivity index (χ1v) is 11.2. The van der Waals surface area contributed by atoms with Crippen molar-refractivity contribution >= 4 is 41.4 Å². The number of nitrogens with one attached hydrogen (secondary N) is 2. The summed E-state index contributed by atoms with van der Waals surface area (Å²) >= 11 is 1.50. The molecule has 0 aromatic heterocycles. The van der Waals surface area contributed by atoms with E-state index in [-0.39, 0.29) is 11.8 Å². The van der Waals surface area contributed by atoms with Crippen LogP contribution in [0.15, 0.2) is 76.5 Å². The summed E-state index contributed by atoms with van der Waals surface area (Å²) in [6.45, 7) is 1.25. The molecule has 1 aliphatic heterocycles. The van der Waals surface area contributed by atoms with E-state index in [0.717, 1.165) is 21.0 Å². The Bertz CT molecular complexity index is 1180. The Kier molecular flexibility index (Phi) is 7.07. The largest absolute Gasteiger partial charge is 0.383 e. The molecule has 2 N–H and O–H groups in total. The van der Waals surface area contributed by atoms with Crippen LogP contribution < -0.4 is 15.5 Å². The molecular formula is C25H23N3O4S. The fourth-order valence-corrected chi connectivity index (χ4v) is 4.66. The van der Waals surface area contributed by atoms with Gasteiger partial charge in [-0.15, -0.1) is 0 Å². The van der Waals surface area contributed by atoms with Crippen molar-refractivity contribution in [2.24, 2.45) is 0 Å². The number of amides is 3. The van der Waals surface area contributed by atoms with Gasteiger partial charge in [0.1, 0.15) is 0 Å². The van der Waals surface area contributed by atoms with Crippen LogP contribution in [0.2, 0.25) is 0 Å². The number of rotatable bonds is 8. The minimum absolute atomic E-state index is 0.0742. The zero-order valence-corrected chi connectivity index (χ0v) is 18.9. The van der Waals surface area contributed by atoms with Crippen LogP contribution in [0.1, 0.15) is 26.3 Å². The fraction of sp³-hybridized carbons (Fsp3) is 0.160. The summed E-state index contributed by atoms with van der Waals surface area (Å²) in [5.74, 6) is -0.314. The number of fused-ring (bicyclic) bond motifs is 2. The van der Waals surface area contributed by atoms with Crippen LogP contribution in [0, 0.1) is 0 Å². The molecule has 0 radical (unpaired) electrons. The van der Waals surface area contributed by atoms with E-state index in [1.54, 1.807) is 42.3 Å². The molecule has 0 atom stereocenters. The third kappa shape index (κ3) is 5.08. The van der Waals surface area contributed by atoms with Gasteiger partial charge in [-0.2, -0.15) is 0 Å². The zero-order valence-electron chi connectivity index (χ0n) is 18.0. The minimum atomic E-state index is -0.240. The summed E-state index contributed by atoms with van der Waals surface area (Å²) in [6, 6.07) is 20.1. The Morgan fingerprint density at radius 2 is 1.85 bits per heavy atom. The SMILES string of the molecule is COCCN1C(=O)c2ccccc2Sc2cc(NC(=O)c3ccc(CNC=O)cc3)ccc21. The van der Waals surface area contributed by atoms with Crippen LogP contribution >= 0.6 is 11.8 Å². The smallest absolute Gasteiger partial charge is 0.259 e. The highest BCUT2D eigenvalue weighted by atomic mass is 32.2. The molecule has 7 nitrogen and oxygen atoms in total. The van der Waals surface area contributed by atoms with Crippen LogP contribution in [-0.2, 0) is 16.1 Å². The molecule has 0 bridgehead atoms. The first-order valence-electron chi connectivity index (χ1n) is 10.4. The lowest BCUT2D eigenvalue weighted by molar-refractivity contribution is -0.109. The van der Waals surface area contributed by atoms with Gasteiger partial charge in [-0.1, -0.05) is 36.0 Å². The Labute approximate surface area is 196 Å². The Balaban J connectivity index is 1.59. The molecule has 0 unspecified atom stereocenters. The van der Waals surface area contributed by atoms with Gasteiger partial charge in [-0.3, -0.25) is 14.4 Å². The molecule has 0 aliphatic carbocycles. The number of carbonyl (C=O) groups is 3. The Morgan fingerprint density at radius 3 is 2.61 bits per heavy atom. The van der Waals surface area contributed by atoms with Crippen molar-refractivity contribution in [1.29, 1.82) is 0 Å². The third-order valence-corrected chi connectivity index (χ3v) is 6.34.